The van der Waals surface area contributed by atoms with Crippen LogP contribution in [0.25, 0.3) is 0 Å². The van der Waals surface area contributed by atoms with Gasteiger partial charge in [-0.25, -0.2) is 4.79 Å². The van der Waals surface area contributed by atoms with Crippen LogP contribution in [0.4, 0.5) is 4.79 Å². The number of hydrogen-bond donors (Lipinski definition) is 4. The third-order valence-electron chi connectivity index (χ3n) is 6.16. The quantitative estimate of drug-likeness (QED) is 0.140. The van der Waals surface area contributed by atoms with Gasteiger partial charge in [-0.2, -0.15) is 0 Å². The first-order valence-electron chi connectivity index (χ1n) is 14.3. The van der Waals surface area contributed by atoms with E-state index in [0.29, 0.717) is 13.0 Å². The standard InChI is InChI=1S/C31H43N3O7/c35-27(21-29(37)32-20-18-30(38)40-23-25-13-7-5-8-14-25)22-34-28(36)17-11-3-1-2-4-12-19-33-31(39)41-24-26-15-9-6-10-16-26/h5-10,13-16,27,35H,1-4,11-12,17-24H2,(H,32,37)(H,33,39)(H,34,36). The van der Waals surface area contributed by atoms with Crippen molar-refractivity contribution in [3.8, 4) is 0 Å². The first-order chi connectivity index (χ1) is 19.9. The summed E-state index contributed by atoms with van der Waals surface area (Å²) in [6.45, 7) is 1.11. The number of benzene rings is 2. The lowest BCUT2D eigenvalue weighted by Gasteiger charge is -2.12. The van der Waals surface area contributed by atoms with Gasteiger partial charge in [-0.15, -0.1) is 0 Å². The van der Waals surface area contributed by atoms with Crippen LogP contribution in [0.2, 0.25) is 0 Å². The molecule has 1 unspecified atom stereocenters. The van der Waals surface area contributed by atoms with E-state index < -0.39 is 24.1 Å². The van der Waals surface area contributed by atoms with E-state index in [1.54, 1.807) is 0 Å². The number of nitrogens with one attached hydrogen (secondary N) is 3. The molecule has 0 aliphatic carbocycles. The van der Waals surface area contributed by atoms with Gasteiger partial charge in [0.05, 0.1) is 18.9 Å². The van der Waals surface area contributed by atoms with Crippen LogP contribution in [0.15, 0.2) is 60.7 Å². The van der Waals surface area contributed by atoms with Crippen molar-refractivity contribution >= 4 is 23.9 Å². The Kier molecular flexibility index (Phi) is 17.0. The van der Waals surface area contributed by atoms with Gasteiger partial charge in [0, 0.05) is 26.1 Å². The molecule has 3 amide bonds. The fourth-order valence-electron chi connectivity index (χ4n) is 3.87. The molecule has 0 aliphatic rings. The maximum Gasteiger partial charge on any atom is 0.407 e. The number of carbonyl (C=O) groups is 4. The molecule has 10 heteroatoms. The number of aliphatic hydroxyl groups excluding tert-OH is 1. The maximum absolute atomic E-state index is 12.0. The van der Waals surface area contributed by atoms with Gasteiger partial charge in [-0.1, -0.05) is 86.3 Å². The lowest BCUT2D eigenvalue weighted by Crippen LogP contribution is -2.36. The second-order valence-electron chi connectivity index (χ2n) is 9.77. The molecule has 2 aromatic rings. The fourth-order valence-corrected chi connectivity index (χ4v) is 3.87. The Morgan fingerprint density at radius 3 is 1.88 bits per heavy atom. The monoisotopic (exact) mass is 569 g/mol. The number of alkyl carbamates (subject to hydrolysis) is 1. The zero-order chi connectivity index (χ0) is 29.5. The molecule has 10 nitrogen and oxygen atoms in total. The highest BCUT2D eigenvalue weighted by Gasteiger charge is 2.13. The molecule has 0 heterocycles. The molecule has 0 bridgehead atoms. The first-order valence-corrected chi connectivity index (χ1v) is 14.3. The van der Waals surface area contributed by atoms with E-state index in [9.17, 15) is 24.3 Å². The molecule has 0 aromatic heterocycles. The topological polar surface area (TPSA) is 143 Å². The molecular weight excluding hydrogens is 526 g/mol. The summed E-state index contributed by atoms with van der Waals surface area (Å²) in [6, 6.07) is 18.8. The van der Waals surface area contributed by atoms with Crippen molar-refractivity contribution in [3.63, 3.8) is 0 Å². The van der Waals surface area contributed by atoms with Gasteiger partial charge in [-0.3, -0.25) is 14.4 Å². The average molecular weight is 570 g/mol. The second kappa shape index (κ2) is 20.9. The number of ether oxygens (including phenoxy) is 2. The fraction of sp³-hybridized carbons (Fsp3) is 0.484. The van der Waals surface area contributed by atoms with Crippen LogP contribution in [-0.2, 0) is 37.1 Å². The van der Waals surface area contributed by atoms with Crippen LogP contribution in [0.5, 0.6) is 0 Å². The lowest BCUT2D eigenvalue weighted by molar-refractivity contribution is -0.144. The van der Waals surface area contributed by atoms with Crippen molar-refractivity contribution in [1.29, 1.82) is 0 Å². The van der Waals surface area contributed by atoms with Crippen molar-refractivity contribution < 1.29 is 33.8 Å². The van der Waals surface area contributed by atoms with Gasteiger partial charge < -0.3 is 30.5 Å². The summed E-state index contributed by atoms with van der Waals surface area (Å²) in [5.74, 6) is -0.985. The molecule has 0 radical (unpaired) electrons. The van der Waals surface area contributed by atoms with E-state index in [1.165, 1.54) is 0 Å². The van der Waals surface area contributed by atoms with E-state index in [4.69, 9.17) is 9.47 Å². The maximum atomic E-state index is 12.0. The predicted molar refractivity (Wildman–Crippen MR) is 154 cm³/mol. The zero-order valence-corrected chi connectivity index (χ0v) is 23.6. The molecule has 1 atom stereocenters. The van der Waals surface area contributed by atoms with Gasteiger partial charge in [0.15, 0.2) is 0 Å². The summed E-state index contributed by atoms with van der Waals surface area (Å²) in [6.07, 6.45) is 4.32. The van der Waals surface area contributed by atoms with Gasteiger partial charge in [-0.05, 0) is 24.0 Å². The molecule has 2 aromatic carbocycles. The number of esters is 1. The van der Waals surface area contributed by atoms with Crippen molar-refractivity contribution in [2.24, 2.45) is 0 Å². The molecule has 41 heavy (non-hydrogen) atoms. The van der Waals surface area contributed by atoms with Crippen LogP contribution >= 0.6 is 0 Å². The van der Waals surface area contributed by atoms with Crippen LogP contribution in [0.3, 0.4) is 0 Å². The second-order valence-corrected chi connectivity index (χ2v) is 9.77. The molecule has 4 N–H and O–H groups in total. The van der Waals surface area contributed by atoms with Crippen molar-refractivity contribution in [1.82, 2.24) is 16.0 Å². The number of unbranched alkanes of at least 4 members (excludes halogenated alkanes) is 5. The largest absolute Gasteiger partial charge is 0.461 e. The van der Waals surface area contributed by atoms with Crippen molar-refractivity contribution in [2.45, 2.75) is 77.1 Å². The molecule has 0 spiro atoms. The van der Waals surface area contributed by atoms with E-state index in [2.05, 4.69) is 16.0 Å². The summed E-state index contributed by atoms with van der Waals surface area (Å²) < 4.78 is 10.3. The molecule has 224 valence electrons. The highest BCUT2D eigenvalue weighted by atomic mass is 16.5. The van der Waals surface area contributed by atoms with Gasteiger partial charge in [0.25, 0.3) is 0 Å². The Morgan fingerprint density at radius 1 is 0.634 bits per heavy atom. The summed E-state index contributed by atoms with van der Waals surface area (Å²) >= 11 is 0. The molecular formula is C31H43N3O7. The molecule has 0 fully saturated rings. The summed E-state index contributed by atoms with van der Waals surface area (Å²) in [7, 11) is 0. The van der Waals surface area contributed by atoms with Gasteiger partial charge in [0.2, 0.25) is 11.8 Å². The predicted octanol–water partition coefficient (Wildman–Crippen LogP) is 3.76. The number of hydrogen-bond acceptors (Lipinski definition) is 7. The number of aliphatic hydroxyl groups is 1. The minimum Gasteiger partial charge on any atom is -0.461 e. The highest BCUT2D eigenvalue weighted by Crippen LogP contribution is 2.07. The van der Waals surface area contributed by atoms with Crippen molar-refractivity contribution in [2.75, 3.05) is 19.6 Å². The minimum absolute atomic E-state index is 0.00778. The van der Waals surface area contributed by atoms with Crippen molar-refractivity contribution in [3.05, 3.63) is 71.8 Å². The summed E-state index contributed by atoms with van der Waals surface area (Å²) in [5.41, 5.74) is 1.83. The lowest BCUT2D eigenvalue weighted by atomic mass is 10.1. The average Bonchev–Trinajstić information content (AvgIpc) is 2.98. The first kappa shape index (κ1) is 33.3. The van der Waals surface area contributed by atoms with Crippen LogP contribution in [0.1, 0.15) is 68.9 Å². The molecule has 0 saturated heterocycles. The number of carbonyl (C=O) groups excluding carboxylic acids is 4. The zero-order valence-electron chi connectivity index (χ0n) is 23.6. The van der Waals surface area contributed by atoms with E-state index >= 15 is 0 Å². The summed E-state index contributed by atoms with van der Waals surface area (Å²) in [5, 5.41) is 18.0. The Hall–Kier alpha value is -3.92. The third kappa shape index (κ3) is 17.4. The normalized spacial score (nSPS) is 11.2. The minimum atomic E-state index is -1.01. The number of amides is 3. The van der Waals surface area contributed by atoms with Crippen LogP contribution < -0.4 is 16.0 Å². The molecule has 2 rings (SSSR count). The van der Waals surface area contributed by atoms with Crippen LogP contribution in [0, 0.1) is 0 Å². The van der Waals surface area contributed by atoms with Gasteiger partial charge in [0.1, 0.15) is 13.2 Å². The Labute approximate surface area is 242 Å². The van der Waals surface area contributed by atoms with E-state index in [0.717, 1.165) is 49.7 Å². The third-order valence-corrected chi connectivity index (χ3v) is 6.16. The SMILES string of the molecule is O=C(CCCCCCCCNC(=O)OCc1ccccc1)NCC(O)CC(=O)NCCC(=O)OCc1ccccc1. The highest BCUT2D eigenvalue weighted by molar-refractivity contribution is 5.78. The van der Waals surface area contributed by atoms with Crippen LogP contribution in [-0.4, -0.2) is 54.7 Å². The Balaban J connectivity index is 1.37. The number of rotatable bonds is 20. The summed E-state index contributed by atoms with van der Waals surface area (Å²) in [4.78, 5) is 47.4. The molecule has 0 aliphatic heterocycles. The Bertz CT molecular complexity index is 1030. The van der Waals surface area contributed by atoms with E-state index in [1.807, 2.05) is 60.7 Å². The van der Waals surface area contributed by atoms with E-state index in [-0.39, 0.29) is 45.1 Å². The molecule has 0 saturated carbocycles. The smallest absolute Gasteiger partial charge is 0.407 e. The Morgan fingerprint density at radius 2 is 1.22 bits per heavy atom. The van der Waals surface area contributed by atoms with Gasteiger partial charge >= 0.3 is 12.1 Å².